The number of hydrogen-bond donors (Lipinski definition) is 1. The number of carbonyl (C=O) groups excluding carboxylic acids is 1. The lowest BCUT2D eigenvalue weighted by atomic mass is 9.75. The predicted octanol–water partition coefficient (Wildman–Crippen LogP) is 2.71. The summed E-state index contributed by atoms with van der Waals surface area (Å²) in [6.45, 7) is 5.32. The van der Waals surface area contributed by atoms with Crippen molar-refractivity contribution in [2.45, 2.75) is 57.9 Å². The van der Waals surface area contributed by atoms with Gasteiger partial charge in [-0.1, -0.05) is 31.0 Å². The Bertz CT molecular complexity index is 1000. The molecule has 6 heteroatoms. The van der Waals surface area contributed by atoms with Gasteiger partial charge in [0.25, 0.3) is 5.91 Å². The van der Waals surface area contributed by atoms with E-state index in [1.807, 2.05) is 0 Å². The van der Waals surface area contributed by atoms with Crippen molar-refractivity contribution in [1.29, 1.82) is 0 Å². The zero-order valence-corrected chi connectivity index (χ0v) is 16.8. The third kappa shape index (κ3) is 2.91. The van der Waals surface area contributed by atoms with Gasteiger partial charge in [-0.25, -0.2) is 0 Å². The second-order valence-electron chi connectivity index (χ2n) is 8.37. The number of carbonyl (C=O) groups is 1. The molecule has 0 radical (unpaired) electrons. The fraction of sp³-hybridized carbons (Fsp3) is 0.500. The Kier molecular flexibility index (Phi) is 4.52. The maximum atomic E-state index is 12.6. The quantitative estimate of drug-likeness (QED) is 0.887. The molecule has 1 saturated carbocycles. The standard InChI is InChI=1S/C22H27N3O3/c1-14-6-7-16(12-15(14)2)22(8-4-5-9-22)13-17-23-20(27)19(26)18-21(28)24(3)10-11-25(17)18/h6-7,12,26H,4-5,8-11,13H2,1-3H3. The molecule has 2 heterocycles. The molecule has 1 aromatic heterocycles. The largest absolute Gasteiger partial charge is 0.501 e. The molecule has 0 saturated heterocycles. The van der Waals surface area contributed by atoms with Crippen molar-refractivity contribution in [3.05, 3.63) is 56.8 Å². The van der Waals surface area contributed by atoms with Gasteiger partial charge >= 0.3 is 5.56 Å². The number of amides is 1. The number of aryl methyl sites for hydroxylation is 2. The van der Waals surface area contributed by atoms with E-state index in [0.717, 1.165) is 25.7 Å². The van der Waals surface area contributed by atoms with E-state index in [1.54, 1.807) is 11.6 Å². The molecule has 0 unspecified atom stereocenters. The average molecular weight is 381 g/mol. The van der Waals surface area contributed by atoms with E-state index in [4.69, 9.17) is 0 Å². The van der Waals surface area contributed by atoms with Crippen molar-refractivity contribution in [2.75, 3.05) is 13.6 Å². The van der Waals surface area contributed by atoms with Crippen LogP contribution in [0.3, 0.4) is 0 Å². The lowest BCUT2D eigenvalue weighted by Gasteiger charge is -2.33. The molecule has 4 rings (SSSR count). The van der Waals surface area contributed by atoms with Gasteiger partial charge in [0.1, 0.15) is 5.82 Å². The second-order valence-corrected chi connectivity index (χ2v) is 8.37. The van der Waals surface area contributed by atoms with E-state index in [0.29, 0.717) is 25.3 Å². The van der Waals surface area contributed by atoms with Crippen LogP contribution in [-0.2, 0) is 18.4 Å². The maximum absolute atomic E-state index is 12.6. The van der Waals surface area contributed by atoms with Gasteiger partial charge in [-0.3, -0.25) is 9.59 Å². The van der Waals surface area contributed by atoms with Crippen molar-refractivity contribution >= 4 is 5.91 Å². The monoisotopic (exact) mass is 381 g/mol. The van der Waals surface area contributed by atoms with Crippen molar-refractivity contribution in [1.82, 2.24) is 14.5 Å². The van der Waals surface area contributed by atoms with Crippen LogP contribution in [0.15, 0.2) is 23.0 Å². The van der Waals surface area contributed by atoms with E-state index in [-0.39, 0.29) is 17.0 Å². The van der Waals surface area contributed by atoms with Crippen LogP contribution in [-0.4, -0.2) is 39.1 Å². The number of aromatic nitrogens is 2. The summed E-state index contributed by atoms with van der Waals surface area (Å²) in [5.74, 6) is -0.248. The zero-order valence-electron chi connectivity index (χ0n) is 16.8. The second kappa shape index (κ2) is 6.76. The highest BCUT2D eigenvalue weighted by Gasteiger charge is 2.39. The van der Waals surface area contributed by atoms with Gasteiger partial charge in [-0.15, -0.1) is 0 Å². The number of nitrogens with zero attached hydrogens (tertiary/aromatic N) is 3. The Balaban J connectivity index is 1.83. The first-order valence-corrected chi connectivity index (χ1v) is 9.98. The molecule has 1 fully saturated rings. The molecule has 1 amide bonds. The smallest absolute Gasteiger partial charge is 0.315 e. The third-order valence-electron chi connectivity index (χ3n) is 6.62. The van der Waals surface area contributed by atoms with Crippen molar-refractivity contribution < 1.29 is 9.90 Å². The molecule has 1 N–H and O–H groups in total. The molecule has 1 aliphatic heterocycles. The number of benzene rings is 1. The minimum absolute atomic E-state index is 0.0805. The van der Waals surface area contributed by atoms with Crippen molar-refractivity contribution in [2.24, 2.45) is 0 Å². The first-order valence-electron chi connectivity index (χ1n) is 9.98. The molecule has 28 heavy (non-hydrogen) atoms. The van der Waals surface area contributed by atoms with Crippen LogP contribution < -0.4 is 5.56 Å². The number of hydrogen-bond acceptors (Lipinski definition) is 4. The Morgan fingerprint density at radius 3 is 2.50 bits per heavy atom. The molecule has 0 bridgehead atoms. The number of likely N-dealkylation sites (N-methyl/N-ethyl adjacent to an activating group) is 1. The molecule has 1 aliphatic carbocycles. The number of aromatic hydroxyl groups is 1. The summed E-state index contributed by atoms with van der Waals surface area (Å²) >= 11 is 0. The summed E-state index contributed by atoms with van der Waals surface area (Å²) in [7, 11) is 1.68. The van der Waals surface area contributed by atoms with E-state index in [9.17, 15) is 14.7 Å². The number of fused-ring (bicyclic) bond motifs is 1. The Morgan fingerprint density at radius 1 is 1.11 bits per heavy atom. The van der Waals surface area contributed by atoms with Gasteiger partial charge in [-0.2, -0.15) is 4.98 Å². The molecular weight excluding hydrogens is 354 g/mol. The summed E-state index contributed by atoms with van der Waals surface area (Å²) in [6, 6.07) is 6.62. The van der Waals surface area contributed by atoms with E-state index < -0.39 is 11.3 Å². The third-order valence-corrected chi connectivity index (χ3v) is 6.62. The molecule has 6 nitrogen and oxygen atoms in total. The lowest BCUT2D eigenvalue weighted by molar-refractivity contribution is 0.0737. The Labute approximate surface area is 164 Å². The van der Waals surface area contributed by atoms with Crippen LogP contribution >= 0.6 is 0 Å². The maximum Gasteiger partial charge on any atom is 0.315 e. The molecule has 2 aliphatic rings. The molecule has 0 atom stereocenters. The minimum atomic E-state index is -0.710. The molecule has 1 aromatic carbocycles. The zero-order chi connectivity index (χ0) is 20.1. The first-order chi connectivity index (χ1) is 13.3. The summed E-state index contributed by atoms with van der Waals surface area (Å²) in [4.78, 5) is 30.7. The predicted molar refractivity (Wildman–Crippen MR) is 107 cm³/mol. The summed E-state index contributed by atoms with van der Waals surface area (Å²) in [5.41, 5.74) is 3.10. The highest BCUT2D eigenvalue weighted by atomic mass is 16.3. The van der Waals surface area contributed by atoms with Crippen LogP contribution in [0, 0.1) is 13.8 Å². The van der Waals surface area contributed by atoms with E-state index in [1.165, 1.54) is 21.6 Å². The van der Waals surface area contributed by atoms with Crippen LogP contribution in [0.1, 0.15) is 58.7 Å². The fourth-order valence-corrected chi connectivity index (χ4v) is 4.71. The molecule has 148 valence electrons. The van der Waals surface area contributed by atoms with Gasteiger partial charge < -0.3 is 14.6 Å². The molecule has 2 aromatic rings. The van der Waals surface area contributed by atoms with Crippen LogP contribution in [0.25, 0.3) is 0 Å². The SMILES string of the molecule is Cc1ccc(C2(Cc3nc(=O)c(O)c4n3CCN(C)C4=O)CCCC2)cc1C. The first kappa shape index (κ1) is 18.7. The topological polar surface area (TPSA) is 75.4 Å². The van der Waals surface area contributed by atoms with Gasteiger partial charge in [0, 0.05) is 32.0 Å². The highest BCUT2D eigenvalue weighted by molar-refractivity contribution is 5.95. The van der Waals surface area contributed by atoms with Gasteiger partial charge in [0.15, 0.2) is 5.69 Å². The minimum Gasteiger partial charge on any atom is -0.501 e. The van der Waals surface area contributed by atoms with Gasteiger partial charge in [0.05, 0.1) is 0 Å². The van der Waals surface area contributed by atoms with Crippen LogP contribution in [0.2, 0.25) is 0 Å². The lowest BCUT2D eigenvalue weighted by Crippen LogP contribution is -2.42. The number of rotatable bonds is 3. The Morgan fingerprint density at radius 2 is 1.82 bits per heavy atom. The normalized spacial score (nSPS) is 18.4. The summed E-state index contributed by atoms with van der Waals surface area (Å²) in [6.07, 6.45) is 4.97. The summed E-state index contributed by atoms with van der Waals surface area (Å²) < 4.78 is 1.76. The van der Waals surface area contributed by atoms with E-state index >= 15 is 0 Å². The van der Waals surface area contributed by atoms with Crippen molar-refractivity contribution in [3.8, 4) is 5.75 Å². The summed E-state index contributed by atoms with van der Waals surface area (Å²) in [5, 5.41) is 10.2. The van der Waals surface area contributed by atoms with Gasteiger partial charge in [-0.05, 0) is 43.4 Å². The van der Waals surface area contributed by atoms with E-state index in [2.05, 4.69) is 37.0 Å². The molecule has 0 spiro atoms. The van der Waals surface area contributed by atoms with Crippen LogP contribution in [0.5, 0.6) is 5.75 Å². The van der Waals surface area contributed by atoms with Crippen LogP contribution in [0.4, 0.5) is 0 Å². The fourth-order valence-electron chi connectivity index (χ4n) is 4.71. The van der Waals surface area contributed by atoms with Crippen molar-refractivity contribution in [3.63, 3.8) is 0 Å². The highest BCUT2D eigenvalue weighted by Crippen LogP contribution is 2.44. The Hall–Kier alpha value is -2.63. The molecular formula is C22H27N3O3. The average Bonchev–Trinajstić information content (AvgIpc) is 3.13. The van der Waals surface area contributed by atoms with Gasteiger partial charge in [0.2, 0.25) is 5.75 Å².